The predicted octanol–water partition coefficient (Wildman–Crippen LogP) is 5.92. The molecule has 0 saturated carbocycles. The first kappa shape index (κ1) is 32.6. The van der Waals surface area contributed by atoms with E-state index in [1.165, 1.54) is 35.3 Å². The van der Waals surface area contributed by atoms with Gasteiger partial charge in [0.15, 0.2) is 5.54 Å². The molecule has 2 atom stereocenters. The van der Waals surface area contributed by atoms with Gasteiger partial charge in [0.2, 0.25) is 0 Å². The topological polar surface area (TPSA) is 105 Å². The molecule has 46 heavy (non-hydrogen) atoms. The molecule has 1 fully saturated rings. The molecule has 2 aliphatic heterocycles. The Morgan fingerprint density at radius 3 is 2.09 bits per heavy atom. The average molecular weight is 623 g/mol. The molecule has 2 aliphatic rings. The van der Waals surface area contributed by atoms with Crippen LogP contribution < -0.4 is 5.32 Å². The number of hydrogen-bond donors (Lipinski definition) is 1. The monoisotopic (exact) mass is 622 g/mol. The van der Waals surface area contributed by atoms with E-state index in [4.69, 9.17) is 4.74 Å². The van der Waals surface area contributed by atoms with Crippen molar-refractivity contribution in [3.8, 4) is 0 Å². The van der Waals surface area contributed by atoms with Crippen molar-refractivity contribution in [2.75, 3.05) is 33.8 Å². The summed E-state index contributed by atoms with van der Waals surface area (Å²) in [6, 6.07) is 27.3. The number of dihydropyridines is 1. The molecule has 2 unspecified atom stereocenters. The van der Waals surface area contributed by atoms with E-state index < -0.39 is 16.4 Å². The normalized spacial score (nSPS) is 17.9. The summed E-state index contributed by atoms with van der Waals surface area (Å²) in [5, 5.41) is 14.4. The zero-order valence-corrected chi connectivity index (χ0v) is 26.7. The van der Waals surface area contributed by atoms with Crippen LogP contribution in [0.15, 0.2) is 109 Å². The van der Waals surface area contributed by atoms with Gasteiger partial charge in [0, 0.05) is 42.9 Å². The van der Waals surface area contributed by atoms with Gasteiger partial charge in [-0.2, -0.15) is 0 Å². The van der Waals surface area contributed by atoms with Crippen LogP contribution in [-0.2, 0) is 25.3 Å². The lowest BCUT2D eigenvalue weighted by Crippen LogP contribution is -2.55. The molecule has 0 radical (unpaired) electrons. The summed E-state index contributed by atoms with van der Waals surface area (Å²) in [6.07, 6.45) is 7.83. The number of piperidine rings is 1. The van der Waals surface area contributed by atoms with Crippen molar-refractivity contribution < 1.29 is 19.2 Å². The van der Waals surface area contributed by atoms with Gasteiger partial charge in [0.1, 0.15) is 0 Å². The second-order valence-electron chi connectivity index (χ2n) is 12.4. The minimum Gasteiger partial charge on any atom is -0.467 e. The van der Waals surface area contributed by atoms with Crippen LogP contribution in [-0.4, -0.2) is 60.4 Å². The number of hydrogen-bond acceptors (Lipinski definition) is 7. The van der Waals surface area contributed by atoms with Crippen LogP contribution in [0.1, 0.15) is 49.3 Å². The number of likely N-dealkylation sites (tertiary alicyclic amines) is 1. The highest BCUT2D eigenvalue weighted by Gasteiger charge is 2.49. The van der Waals surface area contributed by atoms with Crippen molar-refractivity contribution in [2.45, 2.75) is 43.6 Å². The zero-order chi connectivity index (χ0) is 32.7. The van der Waals surface area contributed by atoms with Crippen LogP contribution in [0.3, 0.4) is 0 Å². The maximum Gasteiger partial charge on any atom is 0.336 e. The Morgan fingerprint density at radius 2 is 1.59 bits per heavy atom. The highest BCUT2D eigenvalue weighted by atomic mass is 16.6. The number of nitrogens with zero attached hydrogens (tertiary/aromatic N) is 3. The summed E-state index contributed by atoms with van der Waals surface area (Å²) < 4.78 is 5.39. The molecule has 2 heterocycles. The van der Waals surface area contributed by atoms with Gasteiger partial charge in [0.25, 0.3) is 11.6 Å². The number of carbonyl (C=O) groups is 2. The summed E-state index contributed by atoms with van der Waals surface area (Å²) in [7, 11) is 2.93. The summed E-state index contributed by atoms with van der Waals surface area (Å²) in [6.45, 7) is 4.54. The van der Waals surface area contributed by atoms with E-state index in [9.17, 15) is 19.7 Å². The van der Waals surface area contributed by atoms with Crippen LogP contribution in [0.5, 0.6) is 0 Å². The molecule has 5 rings (SSSR count). The van der Waals surface area contributed by atoms with Gasteiger partial charge in [-0.25, -0.2) is 4.79 Å². The number of likely N-dealkylation sites (N-methyl/N-ethyl adjacent to an activating group) is 1. The van der Waals surface area contributed by atoms with E-state index in [0.717, 1.165) is 25.9 Å². The number of non-ortho nitro benzene ring substituents is 1. The molecule has 240 valence electrons. The number of amides is 1. The summed E-state index contributed by atoms with van der Waals surface area (Å²) in [5.41, 5.74) is 1.93. The lowest BCUT2D eigenvalue weighted by atomic mass is 9.68. The number of ether oxygens (including phenoxy) is 1. The maximum atomic E-state index is 13.9. The maximum absolute atomic E-state index is 13.9. The molecule has 0 aromatic heterocycles. The Morgan fingerprint density at radius 1 is 1.00 bits per heavy atom. The SMILES string of the molecule is COC(=O)C(CC(C)CN1CCC(c2ccccc2)(c2ccccc2)CC1)(c1ccc([N+](=O)[O-])cc1)N(C)C(=O)C1=CNC=CC1. The largest absolute Gasteiger partial charge is 0.467 e. The van der Waals surface area contributed by atoms with Gasteiger partial charge in [-0.15, -0.1) is 0 Å². The minimum atomic E-state index is -1.50. The van der Waals surface area contributed by atoms with Crippen molar-refractivity contribution >= 4 is 17.6 Å². The molecular formula is C37H42N4O5. The molecule has 9 nitrogen and oxygen atoms in total. The molecule has 9 heteroatoms. The quantitative estimate of drug-likeness (QED) is 0.161. The van der Waals surface area contributed by atoms with E-state index in [1.54, 1.807) is 31.6 Å². The third-order valence-electron chi connectivity index (χ3n) is 9.62. The van der Waals surface area contributed by atoms with Crippen molar-refractivity contribution in [1.82, 2.24) is 15.1 Å². The molecule has 0 bridgehead atoms. The first-order valence-corrected chi connectivity index (χ1v) is 15.8. The van der Waals surface area contributed by atoms with Gasteiger partial charge in [0.05, 0.1) is 12.0 Å². The van der Waals surface area contributed by atoms with Crippen LogP contribution in [0, 0.1) is 16.0 Å². The molecule has 0 aliphatic carbocycles. The third kappa shape index (κ3) is 6.46. The minimum absolute atomic E-state index is 0.0381. The first-order chi connectivity index (χ1) is 22.2. The summed E-state index contributed by atoms with van der Waals surface area (Å²) >= 11 is 0. The highest BCUT2D eigenvalue weighted by Crippen LogP contribution is 2.43. The molecule has 3 aromatic rings. The second kappa shape index (κ2) is 14.1. The molecule has 1 amide bonds. The Balaban J connectivity index is 1.42. The van der Waals surface area contributed by atoms with E-state index in [0.29, 0.717) is 24.1 Å². The molecule has 1 saturated heterocycles. The van der Waals surface area contributed by atoms with Gasteiger partial charge >= 0.3 is 5.97 Å². The van der Waals surface area contributed by atoms with Crippen molar-refractivity contribution in [3.05, 3.63) is 136 Å². The van der Waals surface area contributed by atoms with Gasteiger partial charge in [-0.3, -0.25) is 14.9 Å². The fraction of sp³-hybridized carbons (Fsp3) is 0.351. The van der Waals surface area contributed by atoms with E-state index >= 15 is 0 Å². The Labute approximate surface area is 270 Å². The summed E-state index contributed by atoms with van der Waals surface area (Å²) in [4.78, 5) is 42.6. The number of benzene rings is 3. The standard InChI is InChI=1S/C37H42N4O5/c1-28(27-40-23-20-36(21-24-40,30-12-6-4-7-13-30)31-14-8-5-9-15-31)25-37(35(43)46-3,32-16-18-33(19-17-32)41(44)45)39(2)34(42)29-11-10-22-38-26-29/h4-10,12-19,22,26,28,38H,11,20-21,23-25,27H2,1-3H3. The van der Waals surface area contributed by atoms with E-state index in [2.05, 4.69) is 77.8 Å². The van der Waals surface area contributed by atoms with Gasteiger partial charge in [-0.1, -0.05) is 73.7 Å². The van der Waals surface area contributed by atoms with Crippen LogP contribution in [0.4, 0.5) is 5.69 Å². The Bertz CT molecular complexity index is 1540. The number of carbonyl (C=O) groups excluding carboxylic acids is 2. The number of rotatable bonds is 11. The third-order valence-corrected chi connectivity index (χ3v) is 9.62. The van der Waals surface area contributed by atoms with Crippen molar-refractivity contribution in [1.29, 1.82) is 0 Å². The Hall–Kier alpha value is -4.76. The molecule has 3 aromatic carbocycles. The predicted molar refractivity (Wildman–Crippen MR) is 178 cm³/mol. The molecule has 1 N–H and O–H groups in total. The van der Waals surface area contributed by atoms with Gasteiger partial charge < -0.3 is 19.9 Å². The zero-order valence-electron chi connectivity index (χ0n) is 26.7. The Kier molecular flexibility index (Phi) is 10.0. The average Bonchev–Trinajstić information content (AvgIpc) is 3.11. The number of esters is 1. The summed E-state index contributed by atoms with van der Waals surface area (Å²) in [5.74, 6) is -0.945. The van der Waals surface area contributed by atoms with Crippen LogP contribution in [0.25, 0.3) is 0 Å². The number of nitro groups is 1. The highest BCUT2D eigenvalue weighted by molar-refractivity contribution is 5.98. The second-order valence-corrected chi connectivity index (χ2v) is 12.4. The van der Waals surface area contributed by atoms with Gasteiger partial charge in [-0.05, 0) is 79.7 Å². The van der Waals surface area contributed by atoms with Crippen LogP contribution >= 0.6 is 0 Å². The molecule has 0 spiro atoms. The lowest BCUT2D eigenvalue weighted by Gasteiger charge is -2.45. The van der Waals surface area contributed by atoms with Crippen LogP contribution in [0.2, 0.25) is 0 Å². The van der Waals surface area contributed by atoms with E-state index in [-0.39, 0.29) is 29.3 Å². The fourth-order valence-electron chi connectivity index (χ4n) is 7.20. The number of nitrogens with one attached hydrogen (secondary N) is 1. The fourth-order valence-corrected chi connectivity index (χ4v) is 7.20. The number of methoxy groups -OCH3 is 1. The van der Waals surface area contributed by atoms with E-state index in [1.807, 2.05) is 6.08 Å². The number of nitro benzene ring substituents is 1. The number of allylic oxidation sites excluding steroid dienone is 1. The van der Waals surface area contributed by atoms with Crippen molar-refractivity contribution in [2.24, 2.45) is 5.92 Å². The van der Waals surface area contributed by atoms with Crippen molar-refractivity contribution in [3.63, 3.8) is 0 Å². The lowest BCUT2D eigenvalue weighted by molar-refractivity contribution is -0.384. The molecular weight excluding hydrogens is 580 g/mol. The first-order valence-electron chi connectivity index (χ1n) is 15.8. The smallest absolute Gasteiger partial charge is 0.336 e.